The normalized spacial score (nSPS) is 24.6. The second-order valence-corrected chi connectivity index (χ2v) is 9.35. The Balaban J connectivity index is 1.91. The number of nitrogens with one attached hydrogen (secondary N) is 1. The number of carbonyl (C=O) groups excluding carboxylic acids is 2. The van der Waals surface area contributed by atoms with Crippen molar-refractivity contribution in [3.8, 4) is 11.5 Å². The third kappa shape index (κ3) is 4.07. The first-order chi connectivity index (χ1) is 17.5. The number of benzene rings is 2. The number of anilines is 1. The van der Waals surface area contributed by atoms with Crippen molar-refractivity contribution in [1.82, 2.24) is 5.32 Å². The molecule has 0 spiro atoms. The summed E-state index contributed by atoms with van der Waals surface area (Å²) in [5, 5.41) is 33.8. The Morgan fingerprint density at radius 2 is 1.86 bits per heavy atom. The van der Waals surface area contributed by atoms with E-state index >= 15 is 0 Å². The molecule has 2 aromatic carbocycles. The number of hydrogen-bond donors (Lipinski definition) is 3. The number of ether oxygens (including phenoxy) is 2. The van der Waals surface area contributed by atoms with E-state index in [9.17, 15) is 39.5 Å². The van der Waals surface area contributed by atoms with Crippen LogP contribution in [-0.4, -0.2) is 58.6 Å². The molecule has 2 fully saturated rings. The van der Waals surface area contributed by atoms with Crippen molar-refractivity contribution in [3.63, 3.8) is 0 Å². The zero-order valence-corrected chi connectivity index (χ0v) is 20.9. The van der Waals surface area contributed by atoms with Gasteiger partial charge in [-0.25, -0.2) is 4.90 Å². The third-order valence-corrected chi connectivity index (χ3v) is 7.17. The second-order valence-electron chi connectivity index (χ2n) is 8.50. The van der Waals surface area contributed by atoms with Crippen LogP contribution in [0.1, 0.15) is 18.0 Å². The Morgan fingerprint density at radius 1 is 1.16 bits per heavy atom. The molecule has 2 amide bonds. The predicted molar refractivity (Wildman–Crippen MR) is 128 cm³/mol. The van der Waals surface area contributed by atoms with E-state index in [4.69, 9.17) is 9.47 Å². The molecule has 14 heteroatoms. The number of aliphatic carboxylic acids is 2. The minimum absolute atomic E-state index is 0.125. The molecule has 0 aromatic heterocycles. The molecule has 0 radical (unpaired) electrons. The third-order valence-electron chi connectivity index (χ3n) is 6.58. The molecule has 2 heterocycles. The molecule has 13 nitrogen and oxygen atoms in total. The smallest absolute Gasteiger partial charge is 0.325 e. The molecular formula is C23H20BrN3O10. The van der Waals surface area contributed by atoms with Crippen LogP contribution in [0.15, 0.2) is 40.9 Å². The molecule has 2 aromatic rings. The lowest BCUT2D eigenvalue weighted by atomic mass is 9.77. The lowest BCUT2D eigenvalue weighted by Crippen LogP contribution is -2.57. The van der Waals surface area contributed by atoms with E-state index in [1.54, 1.807) is 6.07 Å². The molecule has 2 aliphatic rings. The van der Waals surface area contributed by atoms with Crippen LogP contribution in [0.4, 0.5) is 11.4 Å². The number of amides is 2. The second kappa shape index (κ2) is 9.44. The first-order valence-electron chi connectivity index (χ1n) is 10.7. The van der Waals surface area contributed by atoms with Gasteiger partial charge in [0.1, 0.15) is 5.54 Å². The topological polar surface area (TPSA) is 186 Å². The first-order valence-corrected chi connectivity index (χ1v) is 11.5. The van der Waals surface area contributed by atoms with Gasteiger partial charge in [-0.2, -0.15) is 0 Å². The van der Waals surface area contributed by atoms with Crippen LogP contribution in [-0.2, 0) is 19.2 Å². The van der Waals surface area contributed by atoms with Gasteiger partial charge >= 0.3 is 11.9 Å². The summed E-state index contributed by atoms with van der Waals surface area (Å²) < 4.78 is 11.0. The maximum Gasteiger partial charge on any atom is 0.325 e. The molecule has 3 N–H and O–H groups in total. The van der Waals surface area contributed by atoms with Crippen LogP contribution < -0.4 is 19.7 Å². The molecule has 4 unspecified atom stereocenters. The molecule has 2 saturated heterocycles. The fourth-order valence-corrected chi connectivity index (χ4v) is 5.70. The van der Waals surface area contributed by atoms with Gasteiger partial charge in [0.05, 0.1) is 47.6 Å². The summed E-state index contributed by atoms with van der Waals surface area (Å²) in [6, 6.07) is 6.69. The Kier molecular flexibility index (Phi) is 6.64. The van der Waals surface area contributed by atoms with E-state index < -0.39 is 58.5 Å². The number of nitrogens with zero attached hydrogens (tertiary/aromatic N) is 2. The van der Waals surface area contributed by atoms with Crippen LogP contribution in [0.2, 0.25) is 0 Å². The van der Waals surface area contributed by atoms with Crippen LogP contribution in [0.3, 0.4) is 0 Å². The van der Waals surface area contributed by atoms with Crippen molar-refractivity contribution in [2.24, 2.45) is 11.8 Å². The summed E-state index contributed by atoms with van der Waals surface area (Å²) in [5.41, 5.74) is -2.53. The Labute approximate surface area is 217 Å². The number of carboxylic acids is 2. The lowest BCUT2D eigenvalue weighted by molar-refractivity contribution is -0.384. The summed E-state index contributed by atoms with van der Waals surface area (Å²) in [5.74, 6) is -7.34. The maximum absolute atomic E-state index is 13.7. The van der Waals surface area contributed by atoms with Gasteiger partial charge in [0.15, 0.2) is 11.5 Å². The highest BCUT2D eigenvalue weighted by Gasteiger charge is 2.69. The molecule has 0 aliphatic carbocycles. The van der Waals surface area contributed by atoms with Gasteiger partial charge in [-0.1, -0.05) is 6.07 Å². The summed E-state index contributed by atoms with van der Waals surface area (Å²) >= 11 is 3.34. The minimum Gasteiger partial charge on any atom is -0.493 e. The predicted octanol–water partition coefficient (Wildman–Crippen LogP) is 2.12. The van der Waals surface area contributed by atoms with E-state index in [1.807, 2.05) is 0 Å². The molecule has 0 bridgehead atoms. The van der Waals surface area contributed by atoms with E-state index in [1.165, 1.54) is 38.5 Å². The minimum atomic E-state index is -2.34. The van der Waals surface area contributed by atoms with Gasteiger partial charge in [0.25, 0.3) is 5.69 Å². The van der Waals surface area contributed by atoms with Crippen molar-refractivity contribution in [3.05, 3.63) is 56.5 Å². The largest absolute Gasteiger partial charge is 0.493 e. The van der Waals surface area contributed by atoms with Crippen molar-refractivity contribution >= 4 is 51.1 Å². The van der Waals surface area contributed by atoms with Crippen molar-refractivity contribution in [1.29, 1.82) is 0 Å². The van der Waals surface area contributed by atoms with Crippen LogP contribution in [0.25, 0.3) is 0 Å². The summed E-state index contributed by atoms with van der Waals surface area (Å²) in [6.45, 7) is 0. The molecule has 2 aliphatic heterocycles. The Hall–Kier alpha value is -4.04. The van der Waals surface area contributed by atoms with Crippen molar-refractivity contribution in [2.45, 2.75) is 18.0 Å². The Morgan fingerprint density at radius 3 is 2.43 bits per heavy atom. The average molecular weight is 578 g/mol. The van der Waals surface area contributed by atoms with Gasteiger partial charge in [0.2, 0.25) is 11.8 Å². The van der Waals surface area contributed by atoms with E-state index in [0.717, 1.165) is 6.07 Å². The number of carboxylic acid groups (broad SMARTS) is 2. The number of carbonyl (C=O) groups is 4. The summed E-state index contributed by atoms with van der Waals surface area (Å²) in [6.07, 6.45) is -1.00. The Bertz CT molecular complexity index is 1350. The highest BCUT2D eigenvalue weighted by molar-refractivity contribution is 9.10. The van der Waals surface area contributed by atoms with Crippen LogP contribution >= 0.6 is 15.9 Å². The number of rotatable bonds is 8. The molecule has 0 saturated carbocycles. The highest BCUT2D eigenvalue weighted by atomic mass is 79.9. The molecule has 37 heavy (non-hydrogen) atoms. The van der Waals surface area contributed by atoms with E-state index in [0.29, 0.717) is 20.7 Å². The number of nitro benzene ring substituents is 1. The van der Waals surface area contributed by atoms with Gasteiger partial charge in [-0.05, 0) is 39.7 Å². The van der Waals surface area contributed by atoms with E-state index in [2.05, 4.69) is 21.2 Å². The highest BCUT2D eigenvalue weighted by Crippen LogP contribution is 2.52. The SMILES string of the molecule is COc1cc(C2NC(CC(=O)O)(C(=O)O)C3C(=O)N(c4cccc([N+](=O)[O-])c4)C(=O)C23)cc(Br)c1OC. The molecule has 4 atom stereocenters. The molecule has 194 valence electrons. The van der Waals surface area contributed by atoms with E-state index in [-0.39, 0.29) is 17.1 Å². The number of methoxy groups -OCH3 is 2. The van der Waals surface area contributed by atoms with Crippen molar-refractivity contribution < 1.29 is 43.8 Å². The van der Waals surface area contributed by atoms with Gasteiger partial charge in [-0.3, -0.25) is 34.6 Å². The lowest BCUT2D eigenvalue weighted by Gasteiger charge is -2.30. The van der Waals surface area contributed by atoms with Crippen LogP contribution in [0.5, 0.6) is 11.5 Å². The summed E-state index contributed by atoms with van der Waals surface area (Å²) in [7, 11) is 2.78. The number of fused-ring (bicyclic) bond motifs is 1. The van der Waals surface area contributed by atoms with Gasteiger partial charge < -0.3 is 19.7 Å². The monoisotopic (exact) mass is 577 g/mol. The fourth-order valence-electron chi connectivity index (χ4n) is 5.08. The zero-order chi connectivity index (χ0) is 27.2. The average Bonchev–Trinajstić information content (AvgIpc) is 3.32. The number of hydrogen-bond acceptors (Lipinski definition) is 9. The zero-order valence-electron chi connectivity index (χ0n) is 19.3. The quantitative estimate of drug-likeness (QED) is 0.237. The standard InChI is InChI=1S/C23H20BrN3O10/c1-36-14-7-10(6-13(24)19(14)37-2)18-16-17(23(25-18,22(32)33)9-15(28)29)21(31)26(20(16)30)11-4-3-5-12(8-11)27(34)35/h3-8,16-18,25H,9H2,1-2H3,(H,28,29)(H,32,33). The number of imide groups is 1. The first kappa shape index (κ1) is 26.0. The maximum atomic E-state index is 13.7. The van der Waals surface area contributed by atoms with Gasteiger partial charge in [0, 0.05) is 18.2 Å². The number of nitro groups is 1. The molecular weight excluding hydrogens is 558 g/mol. The fraction of sp³-hybridized carbons (Fsp3) is 0.304. The van der Waals surface area contributed by atoms with Crippen LogP contribution in [0, 0.1) is 22.0 Å². The number of halogens is 1. The van der Waals surface area contributed by atoms with Crippen molar-refractivity contribution in [2.75, 3.05) is 19.1 Å². The molecule has 4 rings (SSSR count). The van der Waals surface area contributed by atoms with Gasteiger partial charge in [-0.15, -0.1) is 0 Å². The summed E-state index contributed by atoms with van der Waals surface area (Å²) in [4.78, 5) is 62.9. The number of non-ortho nitro benzene ring substituents is 1.